The molecule has 3 nitrogen and oxygen atoms in total. The van der Waals surface area contributed by atoms with Crippen LogP contribution in [0.4, 0.5) is 0 Å². The van der Waals surface area contributed by atoms with Crippen LogP contribution in [-0.4, -0.2) is 16.6 Å². The SMILES string of the molecule is Cc1nc(C(O)C2CCC2)sc1CCN. The molecule has 1 aliphatic rings. The fourth-order valence-corrected chi connectivity index (χ4v) is 3.06. The zero-order valence-corrected chi connectivity index (χ0v) is 9.89. The summed E-state index contributed by atoms with van der Waals surface area (Å²) >= 11 is 1.63. The lowest BCUT2D eigenvalue weighted by molar-refractivity contribution is 0.0618. The van der Waals surface area contributed by atoms with Gasteiger partial charge in [-0.3, -0.25) is 0 Å². The summed E-state index contributed by atoms with van der Waals surface area (Å²) in [6.07, 6.45) is 4.08. The van der Waals surface area contributed by atoms with Crippen LogP contribution >= 0.6 is 11.3 Å². The van der Waals surface area contributed by atoms with Crippen molar-refractivity contribution in [3.8, 4) is 0 Å². The third kappa shape index (κ3) is 2.22. The minimum absolute atomic E-state index is 0.339. The summed E-state index contributed by atoms with van der Waals surface area (Å²) in [5.41, 5.74) is 6.57. The van der Waals surface area contributed by atoms with E-state index >= 15 is 0 Å². The van der Waals surface area contributed by atoms with Crippen LogP contribution in [0.15, 0.2) is 0 Å². The molecule has 2 rings (SSSR count). The number of hydrogen-bond acceptors (Lipinski definition) is 4. The fraction of sp³-hybridized carbons (Fsp3) is 0.727. The second-order valence-electron chi connectivity index (χ2n) is 4.24. The molecule has 0 bridgehead atoms. The Bertz CT molecular complexity index is 333. The van der Waals surface area contributed by atoms with Crippen molar-refractivity contribution in [2.75, 3.05) is 6.54 Å². The monoisotopic (exact) mass is 226 g/mol. The van der Waals surface area contributed by atoms with Crippen LogP contribution in [-0.2, 0) is 6.42 Å². The number of nitrogens with two attached hydrogens (primary N) is 1. The first-order chi connectivity index (χ1) is 7.22. The number of nitrogens with zero attached hydrogens (tertiary/aromatic N) is 1. The molecule has 1 atom stereocenters. The maximum Gasteiger partial charge on any atom is 0.122 e. The predicted octanol–water partition coefficient (Wildman–Crippen LogP) is 1.79. The number of rotatable bonds is 4. The lowest BCUT2D eigenvalue weighted by Crippen LogP contribution is -2.19. The van der Waals surface area contributed by atoms with Gasteiger partial charge >= 0.3 is 0 Å². The first-order valence-electron chi connectivity index (χ1n) is 5.56. The normalized spacial score (nSPS) is 18.9. The quantitative estimate of drug-likeness (QED) is 0.823. The highest BCUT2D eigenvalue weighted by Gasteiger charge is 2.29. The van der Waals surface area contributed by atoms with Crippen LogP contribution in [0.25, 0.3) is 0 Å². The van der Waals surface area contributed by atoms with E-state index in [2.05, 4.69) is 4.98 Å². The van der Waals surface area contributed by atoms with E-state index in [-0.39, 0.29) is 6.10 Å². The number of aliphatic hydroxyl groups excluding tert-OH is 1. The van der Waals surface area contributed by atoms with Gasteiger partial charge in [-0.05, 0) is 38.6 Å². The third-order valence-electron chi connectivity index (χ3n) is 3.13. The van der Waals surface area contributed by atoms with Crippen molar-refractivity contribution in [1.29, 1.82) is 0 Å². The Morgan fingerprint density at radius 2 is 2.33 bits per heavy atom. The minimum Gasteiger partial charge on any atom is -0.386 e. The molecule has 0 aliphatic heterocycles. The van der Waals surface area contributed by atoms with Crippen LogP contribution in [0, 0.1) is 12.8 Å². The smallest absolute Gasteiger partial charge is 0.122 e. The van der Waals surface area contributed by atoms with E-state index in [9.17, 15) is 5.11 Å². The molecule has 1 aromatic rings. The second-order valence-corrected chi connectivity index (χ2v) is 5.35. The first kappa shape index (κ1) is 11.0. The molecule has 15 heavy (non-hydrogen) atoms. The summed E-state index contributed by atoms with van der Waals surface area (Å²) in [4.78, 5) is 5.67. The van der Waals surface area contributed by atoms with Crippen molar-refractivity contribution in [2.24, 2.45) is 11.7 Å². The van der Waals surface area contributed by atoms with E-state index in [0.29, 0.717) is 12.5 Å². The van der Waals surface area contributed by atoms with Gasteiger partial charge in [0.25, 0.3) is 0 Å². The molecule has 0 amide bonds. The van der Waals surface area contributed by atoms with Crippen molar-refractivity contribution in [3.05, 3.63) is 15.6 Å². The molecule has 0 radical (unpaired) electrons. The summed E-state index contributed by atoms with van der Waals surface area (Å²) in [6.45, 7) is 2.65. The average Bonchev–Trinajstić information content (AvgIpc) is 2.46. The standard InChI is InChI=1S/C11H18N2OS/c1-7-9(5-6-12)15-11(13-7)10(14)8-3-2-4-8/h8,10,14H,2-6,12H2,1H3. The molecule has 1 heterocycles. The topological polar surface area (TPSA) is 59.1 Å². The van der Waals surface area contributed by atoms with Crippen molar-refractivity contribution >= 4 is 11.3 Å². The summed E-state index contributed by atoms with van der Waals surface area (Å²) in [5, 5.41) is 11.0. The van der Waals surface area contributed by atoms with Gasteiger partial charge in [0.05, 0.1) is 5.69 Å². The Kier molecular flexibility index (Phi) is 3.38. The molecule has 4 heteroatoms. The van der Waals surface area contributed by atoms with Gasteiger partial charge in [0.15, 0.2) is 0 Å². The lowest BCUT2D eigenvalue weighted by atomic mass is 9.81. The molecule has 1 aliphatic carbocycles. The summed E-state index contributed by atoms with van der Waals surface area (Å²) in [7, 11) is 0. The van der Waals surface area contributed by atoms with E-state index in [1.165, 1.54) is 11.3 Å². The van der Waals surface area contributed by atoms with Crippen LogP contribution in [0.1, 0.15) is 40.9 Å². The fourth-order valence-electron chi connectivity index (χ4n) is 1.90. The highest BCUT2D eigenvalue weighted by Crippen LogP contribution is 2.39. The lowest BCUT2D eigenvalue weighted by Gasteiger charge is -2.28. The molecule has 0 aromatic carbocycles. The Morgan fingerprint density at radius 3 is 2.87 bits per heavy atom. The second kappa shape index (κ2) is 4.60. The highest BCUT2D eigenvalue weighted by atomic mass is 32.1. The molecular formula is C11H18N2OS. The molecule has 1 unspecified atom stereocenters. The molecule has 0 saturated heterocycles. The van der Waals surface area contributed by atoms with Gasteiger partial charge in [-0.1, -0.05) is 6.42 Å². The Hall–Kier alpha value is -0.450. The molecular weight excluding hydrogens is 208 g/mol. The average molecular weight is 226 g/mol. The molecule has 0 spiro atoms. The minimum atomic E-state index is -0.339. The van der Waals surface area contributed by atoms with E-state index in [1.807, 2.05) is 6.92 Å². The van der Waals surface area contributed by atoms with Gasteiger partial charge < -0.3 is 10.8 Å². The molecule has 1 fully saturated rings. The Labute approximate surface area is 94.3 Å². The molecule has 1 saturated carbocycles. The third-order valence-corrected chi connectivity index (χ3v) is 4.42. The van der Waals surface area contributed by atoms with Crippen LogP contribution in [0.3, 0.4) is 0 Å². The van der Waals surface area contributed by atoms with Crippen molar-refractivity contribution < 1.29 is 5.11 Å². The zero-order valence-electron chi connectivity index (χ0n) is 9.07. The van der Waals surface area contributed by atoms with Crippen molar-refractivity contribution in [1.82, 2.24) is 4.98 Å². The van der Waals surface area contributed by atoms with Crippen molar-refractivity contribution in [2.45, 2.75) is 38.7 Å². The molecule has 1 aromatic heterocycles. The summed E-state index contributed by atoms with van der Waals surface area (Å²) in [6, 6.07) is 0. The highest BCUT2D eigenvalue weighted by molar-refractivity contribution is 7.11. The van der Waals surface area contributed by atoms with Crippen LogP contribution in [0.2, 0.25) is 0 Å². The maximum absolute atomic E-state index is 10.1. The van der Waals surface area contributed by atoms with E-state index in [1.54, 1.807) is 11.3 Å². The van der Waals surface area contributed by atoms with Gasteiger partial charge in [0.2, 0.25) is 0 Å². The van der Waals surface area contributed by atoms with Gasteiger partial charge in [-0.25, -0.2) is 4.98 Å². The Morgan fingerprint density at radius 1 is 1.60 bits per heavy atom. The number of aromatic nitrogens is 1. The maximum atomic E-state index is 10.1. The van der Waals surface area contributed by atoms with Gasteiger partial charge in [-0.2, -0.15) is 0 Å². The molecule has 84 valence electrons. The number of aryl methyl sites for hydroxylation is 1. The van der Waals surface area contributed by atoms with Gasteiger partial charge in [0.1, 0.15) is 11.1 Å². The van der Waals surface area contributed by atoms with E-state index in [4.69, 9.17) is 5.73 Å². The van der Waals surface area contributed by atoms with E-state index in [0.717, 1.165) is 30.0 Å². The zero-order chi connectivity index (χ0) is 10.8. The van der Waals surface area contributed by atoms with Crippen LogP contribution < -0.4 is 5.73 Å². The number of thiazole rings is 1. The number of hydrogen-bond donors (Lipinski definition) is 2. The Balaban J connectivity index is 2.10. The van der Waals surface area contributed by atoms with Crippen LogP contribution in [0.5, 0.6) is 0 Å². The van der Waals surface area contributed by atoms with Crippen molar-refractivity contribution in [3.63, 3.8) is 0 Å². The van der Waals surface area contributed by atoms with Gasteiger partial charge in [0, 0.05) is 4.88 Å². The first-order valence-corrected chi connectivity index (χ1v) is 6.38. The molecule has 3 N–H and O–H groups in total. The van der Waals surface area contributed by atoms with Gasteiger partial charge in [-0.15, -0.1) is 11.3 Å². The predicted molar refractivity (Wildman–Crippen MR) is 61.9 cm³/mol. The summed E-state index contributed by atoms with van der Waals surface area (Å²) < 4.78 is 0. The largest absolute Gasteiger partial charge is 0.386 e. The van der Waals surface area contributed by atoms with E-state index < -0.39 is 0 Å². The number of aliphatic hydroxyl groups is 1. The summed E-state index contributed by atoms with van der Waals surface area (Å²) in [5.74, 6) is 0.446.